The number of hydrogen-bond donors (Lipinski definition) is 1. The largest absolute Gasteiger partial charge is 0.398 e. The monoisotopic (exact) mass is 333 g/mol. The van der Waals surface area contributed by atoms with Gasteiger partial charge in [0, 0.05) is 15.7 Å². The summed E-state index contributed by atoms with van der Waals surface area (Å²) >= 11 is 3.44. The first kappa shape index (κ1) is 12.7. The third-order valence-electron chi connectivity index (χ3n) is 2.81. The number of nitrogen functional groups attached to an aromatic ring is 1. The number of benzene rings is 2. The van der Waals surface area contributed by atoms with Crippen LogP contribution in [0.1, 0.15) is 0 Å². The molecule has 100 valence electrons. The van der Waals surface area contributed by atoms with E-state index in [0.29, 0.717) is 17.1 Å². The molecule has 2 aromatic carbocycles. The van der Waals surface area contributed by atoms with Crippen molar-refractivity contribution in [3.05, 3.63) is 52.8 Å². The summed E-state index contributed by atoms with van der Waals surface area (Å²) in [6.45, 7) is 0. The van der Waals surface area contributed by atoms with Gasteiger partial charge in [-0.05, 0) is 56.7 Å². The van der Waals surface area contributed by atoms with Crippen molar-refractivity contribution in [2.45, 2.75) is 0 Å². The molecule has 3 aromatic rings. The van der Waals surface area contributed by atoms with E-state index in [1.807, 2.05) is 24.3 Å². The van der Waals surface area contributed by atoms with E-state index in [1.165, 1.54) is 22.9 Å². The lowest BCUT2D eigenvalue weighted by Gasteiger charge is -2.08. The molecule has 0 spiro atoms. The molecule has 7 heteroatoms. The Labute approximate surface area is 122 Å². The molecule has 0 bridgehead atoms. The number of aromatic nitrogens is 4. The molecule has 20 heavy (non-hydrogen) atoms. The van der Waals surface area contributed by atoms with Crippen LogP contribution in [0.4, 0.5) is 10.1 Å². The summed E-state index contributed by atoms with van der Waals surface area (Å²) in [5.41, 5.74) is 7.49. The van der Waals surface area contributed by atoms with Crippen LogP contribution in [-0.2, 0) is 0 Å². The van der Waals surface area contributed by atoms with Crippen molar-refractivity contribution in [3.63, 3.8) is 0 Å². The zero-order valence-corrected chi connectivity index (χ0v) is 11.7. The van der Waals surface area contributed by atoms with Gasteiger partial charge in [0.2, 0.25) is 0 Å². The Morgan fingerprint density at radius 2 is 1.95 bits per heavy atom. The minimum absolute atomic E-state index is 0.383. The minimum Gasteiger partial charge on any atom is -0.398 e. The summed E-state index contributed by atoms with van der Waals surface area (Å²) in [6, 6.07) is 11.6. The lowest BCUT2D eigenvalue weighted by Crippen LogP contribution is -2.02. The molecule has 0 radical (unpaired) electrons. The van der Waals surface area contributed by atoms with E-state index in [1.54, 1.807) is 0 Å². The molecule has 1 aromatic heterocycles. The summed E-state index contributed by atoms with van der Waals surface area (Å²) < 4.78 is 15.7. The van der Waals surface area contributed by atoms with Gasteiger partial charge in [-0.2, -0.15) is 4.68 Å². The van der Waals surface area contributed by atoms with Gasteiger partial charge in [-0.1, -0.05) is 12.1 Å². The maximum Gasteiger partial charge on any atom is 0.189 e. The number of nitrogens with zero attached hydrogens (tertiary/aromatic N) is 4. The number of para-hydroxylation sites is 1. The van der Waals surface area contributed by atoms with Crippen LogP contribution in [0, 0.1) is 5.82 Å². The quantitative estimate of drug-likeness (QED) is 0.732. The molecule has 5 nitrogen and oxygen atoms in total. The van der Waals surface area contributed by atoms with Crippen molar-refractivity contribution >= 4 is 21.6 Å². The Balaban J connectivity index is 2.21. The van der Waals surface area contributed by atoms with E-state index in [4.69, 9.17) is 5.73 Å². The van der Waals surface area contributed by atoms with Crippen LogP contribution in [0.25, 0.3) is 17.1 Å². The Bertz CT molecular complexity index is 771. The van der Waals surface area contributed by atoms with E-state index >= 15 is 0 Å². The summed E-state index contributed by atoms with van der Waals surface area (Å²) in [7, 11) is 0. The smallest absolute Gasteiger partial charge is 0.189 e. The van der Waals surface area contributed by atoms with E-state index in [-0.39, 0.29) is 0 Å². The van der Waals surface area contributed by atoms with Gasteiger partial charge in [0.15, 0.2) is 5.82 Å². The summed E-state index contributed by atoms with van der Waals surface area (Å²) in [4.78, 5) is 0. The third kappa shape index (κ3) is 2.16. The van der Waals surface area contributed by atoms with E-state index in [0.717, 1.165) is 10.2 Å². The molecule has 0 unspecified atom stereocenters. The lowest BCUT2D eigenvalue weighted by atomic mass is 10.1. The van der Waals surface area contributed by atoms with Gasteiger partial charge < -0.3 is 5.73 Å². The van der Waals surface area contributed by atoms with Crippen LogP contribution < -0.4 is 5.73 Å². The van der Waals surface area contributed by atoms with Crippen molar-refractivity contribution < 1.29 is 4.39 Å². The normalized spacial score (nSPS) is 10.7. The first-order valence-electron chi connectivity index (χ1n) is 5.75. The zero-order chi connectivity index (χ0) is 14.1. The molecule has 0 saturated heterocycles. The minimum atomic E-state index is -0.393. The van der Waals surface area contributed by atoms with Crippen LogP contribution in [0.3, 0.4) is 0 Å². The van der Waals surface area contributed by atoms with Crippen LogP contribution in [0.5, 0.6) is 0 Å². The Hall–Kier alpha value is -2.28. The third-order valence-corrected chi connectivity index (χ3v) is 3.48. The number of nitrogens with two attached hydrogens (primary N) is 1. The first-order chi connectivity index (χ1) is 9.66. The molecular formula is C13H9BrFN5. The molecule has 2 N–H and O–H groups in total. The van der Waals surface area contributed by atoms with Gasteiger partial charge >= 0.3 is 0 Å². The molecule has 0 aliphatic carbocycles. The SMILES string of the molecule is Nc1ccc(F)cc1-c1nnnn1-c1ccccc1Br. The first-order valence-corrected chi connectivity index (χ1v) is 6.55. The maximum atomic E-state index is 13.4. The highest BCUT2D eigenvalue weighted by Crippen LogP contribution is 2.28. The second-order valence-electron chi connectivity index (χ2n) is 4.10. The summed E-state index contributed by atoms with van der Waals surface area (Å²) in [6.07, 6.45) is 0. The van der Waals surface area contributed by atoms with Crippen molar-refractivity contribution in [2.75, 3.05) is 5.73 Å². The predicted molar refractivity (Wildman–Crippen MR) is 76.7 cm³/mol. The van der Waals surface area contributed by atoms with Crippen LogP contribution in [0.15, 0.2) is 46.9 Å². The van der Waals surface area contributed by atoms with Crippen molar-refractivity contribution in [3.8, 4) is 17.1 Å². The number of anilines is 1. The number of tetrazole rings is 1. The zero-order valence-electron chi connectivity index (χ0n) is 10.2. The van der Waals surface area contributed by atoms with Crippen LogP contribution >= 0.6 is 15.9 Å². The molecular weight excluding hydrogens is 325 g/mol. The highest BCUT2D eigenvalue weighted by Gasteiger charge is 2.15. The molecule has 0 saturated carbocycles. The van der Waals surface area contributed by atoms with Gasteiger partial charge in [-0.3, -0.25) is 0 Å². The highest BCUT2D eigenvalue weighted by molar-refractivity contribution is 9.10. The topological polar surface area (TPSA) is 69.6 Å². The van der Waals surface area contributed by atoms with Crippen LogP contribution in [0.2, 0.25) is 0 Å². The van der Waals surface area contributed by atoms with E-state index in [2.05, 4.69) is 31.5 Å². The predicted octanol–water partition coefficient (Wildman–Crippen LogP) is 2.81. The molecule has 0 aliphatic heterocycles. The van der Waals surface area contributed by atoms with Gasteiger partial charge in [0.05, 0.1) is 5.69 Å². The van der Waals surface area contributed by atoms with Gasteiger partial charge in [-0.25, -0.2) is 4.39 Å². The average Bonchev–Trinajstić information content (AvgIpc) is 2.91. The number of rotatable bonds is 2. The van der Waals surface area contributed by atoms with Crippen LogP contribution in [-0.4, -0.2) is 20.2 Å². The number of halogens is 2. The van der Waals surface area contributed by atoms with E-state index in [9.17, 15) is 4.39 Å². The fraction of sp³-hybridized carbons (Fsp3) is 0. The molecule has 3 rings (SSSR count). The Morgan fingerprint density at radius 1 is 1.15 bits per heavy atom. The van der Waals surface area contributed by atoms with Crippen molar-refractivity contribution in [1.82, 2.24) is 20.2 Å². The lowest BCUT2D eigenvalue weighted by molar-refractivity contribution is 0.628. The summed E-state index contributed by atoms with van der Waals surface area (Å²) in [5.74, 6) is -0.00947. The van der Waals surface area contributed by atoms with Gasteiger partial charge in [0.25, 0.3) is 0 Å². The van der Waals surface area contributed by atoms with Crippen molar-refractivity contribution in [2.24, 2.45) is 0 Å². The molecule has 0 amide bonds. The molecule has 0 fully saturated rings. The maximum absolute atomic E-state index is 13.4. The second kappa shape index (κ2) is 5.01. The molecule has 0 aliphatic rings. The van der Waals surface area contributed by atoms with E-state index < -0.39 is 5.82 Å². The second-order valence-corrected chi connectivity index (χ2v) is 4.95. The average molecular weight is 334 g/mol. The standard InChI is InChI=1S/C13H9BrFN5/c14-10-3-1-2-4-12(10)20-13(17-18-19-20)9-7-8(15)5-6-11(9)16/h1-7H,16H2. The Morgan fingerprint density at radius 3 is 2.75 bits per heavy atom. The fourth-order valence-electron chi connectivity index (χ4n) is 1.86. The number of hydrogen-bond acceptors (Lipinski definition) is 4. The molecule has 1 heterocycles. The highest BCUT2D eigenvalue weighted by atomic mass is 79.9. The van der Waals surface area contributed by atoms with Crippen molar-refractivity contribution in [1.29, 1.82) is 0 Å². The molecule has 0 atom stereocenters. The van der Waals surface area contributed by atoms with Gasteiger partial charge in [0.1, 0.15) is 5.82 Å². The summed E-state index contributed by atoms with van der Waals surface area (Å²) in [5, 5.41) is 11.5. The fourth-order valence-corrected chi connectivity index (χ4v) is 2.32. The van der Waals surface area contributed by atoms with Gasteiger partial charge in [-0.15, -0.1) is 5.10 Å². The Kier molecular flexibility index (Phi) is 3.19.